The molecule has 0 radical (unpaired) electrons. The standard InChI is InChI=1S/C13H9BrF3NOS/c14-10-3-1-8(7-19)11(5-10)20-12-4-2-9(6-18-12)13(15,16)17/h1-6,19H,7H2. The molecule has 1 heterocycles. The lowest BCUT2D eigenvalue weighted by Gasteiger charge is -2.09. The summed E-state index contributed by atoms with van der Waals surface area (Å²) in [5.74, 6) is 0. The zero-order valence-electron chi connectivity index (χ0n) is 9.99. The average Bonchev–Trinajstić information content (AvgIpc) is 2.38. The minimum absolute atomic E-state index is 0.143. The maximum absolute atomic E-state index is 12.4. The maximum Gasteiger partial charge on any atom is 0.417 e. The van der Waals surface area contributed by atoms with Crippen LogP contribution in [0.4, 0.5) is 13.2 Å². The van der Waals surface area contributed by atoms with Crippen molar-refractivity contribution in [3.63, 3.8) is 0 Å². The van der Waals surface area contributed by atoms with E-state index < -0.39 is 11.7 Å². The Kier molecular flexibility index (Phi) is 4.72. The smallest absolute Gasteiger partial charge is 0.392 e. The number of halogens is 4. The van der Waals surface area contributed by atoms with E-state index >= 15 is 0 Å². The van der Waals surface area contributed by atoms with E-state index in [9.17, 15) is 18.3 Å². The van der Waals surface area contributed by atoms with Crippen LogP contribution in [0.3, 0.4) is 0 Å². The monoisotopic (exact) mass is 363 g/mol. The van der Waals surface area contributed by atoms with Gasteiger partial charge in [-0.05, 0) is 29.8 Å². The van der Waals surface area contributed by atoms with Gasteiger partial charge in [-0.2, -0.15) is 13.2 Å². The molecule has 0 aliphatic carbocycles. The van der Waals surface area contributed by atoms with Crippen molar-refractivity contribution in [1.29, 1.82) is 0 Å². The van der Waals surface area contributed by atoms with Crippen LogP contribution in [0.1, 0.15) is 11.1 Å². The Morgan fingerprint density at radius 2 is 1.95 bits per heavy atom. The molecule has 2 nitrogen and oxygen atoms in total. The summed E-state index contributed by atoms with van der Waals surface area (Å²) in [5.41, 5.74) is -0.0848. The molecular weight excluding hydrogens is 355 g/mol. The highest BCUT2D eigenvalue weighted by molar-refractivity contribution is 9.10. The highest BCUT2D eigenvalue weighted by Crippen LogP contribution is 2.34. The Labute approximate surface area is 126 Å². The number of benzene rings is 1. The Morgan fingerprint density at radius 1 is 1.20 bits per heavy atom. The first kappa shape index (κ1) is 15.3. The van der Waals surface area contributed by atoms with E-state index in [0.29, 0.717) is 10.6 Å². The van der Waals surface area contributed by atoms with Crippen LogP contribution in [-0.2, 0) is 12.8 Å². The van der Waals surface area contributed by atoms with Crippen LogP contribution in [0, 0.1) is 0 Å². The van der Waals surface area contributed by atoms with Crippen LogP contribution < -0.4 is 0 Å². The van der Waals surface area contributed by atoms with Crippen molar-refractivity contribution in [2.75, 3.05) is 0 Å². The summed E-state index contributed by atoms with van der Waals surface area (Å²) in [7, 11) is 0. The van der Waals surface area contributed by atoms with Gasteiger partial charge < -0.3 is 5.11 Å². The average molecular weight is 364 g/mol. The van der Waals surface area contributed by atoms with Crippen LogP contribution in [-0.4, -0.2) is 10.1 Å². The molecule has 0 saturated heterocycles. The lowest BCUT2D eigenvalue weighted by atomic mass is 10.2. The van der Waals surface area contributed by atoms with Gasteiger partial charge in [0.2, 0.25) is 0 Å². The number of hydrogen-bond acceptors (Lipinski definition) is 3. The van der Waals surface area contributed by atoms with Crippen molar-refractivity contribution in [2.24, 2.45) is 0 Å². The number of aliphatic hydroxyl groups excluding tert-OH is 1. The third kappa shape index (κ3) is 3.74. The molecule has 1 aromatic carbocycles. The van der Waals surface area contributed by atoms with Crippen molar-refractivity contribution < 1.29 is 18.3 Å². The van der Waals surface area contributed by atoms with Crippen LogP contribution >= 0.6 is 27.7 Å². The molecule has 0 aliphatic heterocycles. The van der Waals surface area contributed by atoms with E-state index in [1.165, 1.54) is 17.8 Å². The van der Waals surface area contributed by atoms with Gasteiger partial charge >= 0.3 is 6.18 Å². The van der Waals surface area contributed by atoms with E-state index in [4.69, 9.17) is 0 Å². The first-order valence-corrected chi connectivity index (χ1v) is 7.11. The third-order valence-electron chi connectivity index (χ3n) is 2.48. The molecule has 7 heteroatoms. The molecular formula is C13H9BrF3NOS. The van der Waals surface area contributed by atoms with E-state index in [1.54, 1.807) is 18.2 Å². The van der Waals surface area contributed by atoms with Crippen molar-refractivity contribution in [3.8, 4) is 0 Å². The molecule has 0 fully saturated rings. The van der Waals surface area contributed by atoms with Gasteiger partial charge in [0.25, 0.3) is 0 Å². The zero-order valence-corrected chi connectivity index (χ0v) is 12.4. The molecule has 0 aliphatic rings. The lowest BCUT2D eigenvalue weighted by Crippen LogP contribution is -2.05. The molecule has 0 spiro atoms. The summed E-state index contributed by atoms with van der Waals surface area (Å²) >= 11 is 4.52. The Morgan fingerprint density at radius 3 is 2.50 bits per heavy atom. The van der Waals surface area contributed by atoms with Gasteiger partial charge in [0.05, 0.1) is 12.2 Å². The van der Waals surface area contributed by atoms with Crippen molar-refractivity contribution >= 4 is 27.7 Å². The summed E-state index contributed by atoms with van der Waals surface area (Å²) in [6, 6.07) is 7.63. The summed E-state index contributed by atoms with van der Waals surface area (Å²) in [5, 5.41) is 9.68. The summed E-state index contributed by atoms with van der Waals surface area (Å²) < 4.78 is 38.1. The number of alkyl halides is 3. The lowest BCUT2D eigenvalue weighted by molar-refractivity contribution is -0.137. The minimum Gasteiger partial charge on any atom is -0.392 e. The predicted molar refractivity (Wildman–Crippen MR) is 73.4 cm³/mol. The number of nitrogens with zero attached hydrogens (tertiary/aromatic N) is 1. The molecule has 0 atom stereocenters. The summed E-state index contributed by atoms with van der Waals surface area (Å²) in [6.45, 7) is -0.143. The number of rotatable bonds is 3. The second-order valence-corrected chi connectivity index (χ2v) is 5.87. The van der Waals surface area contributed by atoms with Crippen LogP contribution in [0.5, 0.6) is 0 Å². The molecule has 0 bridgehead atoms. The fourth-order valence-corrected chi connectivity index (χ4v) is 2.90. The normalized spacial score (nSPS) is 11.7. The fraction of sp³-hybridized carbons (Fsp3) is 0.154. The Bertz CT molecular complexity index is 602. The highest BCUT2D eigenvalue weighted by atomic mass is 79.9. The molecule has 106 valence electrons. The molecule has 2 rings (SSSR count). The van der Waals surface area contributed by atoms with E-state index in [0.717, 1.165) is 21.6 Å². The molecule has 20 heavy (non-hydrogen) atoms. The maximum atomic E-state index is 12.4. The van der Waals surface area contributed by atoms with Crippen molar-refractivity contribution in [1.82, 2.24) is 4.98 Å². The van der Waals surface area contributed by atoms with Gasteiger partial charge in [0, 0.05) is 15.6 Å². The molecule has 0 unspecified atom stereocenters. The van der Waals surface area contributed by atoms with Crippen LogP contribution in [0.2, 0.25) is 0 Å². The quantitative estimate of drug-likeness (QED) is 0.870. The van der Waals surface area contributed by atoms with Crippen molar-refractivity contribution in [2.45, 2.75) is 22.7 Å². The second-order valence-electron chi connectivity index (χ2n) is 3.90. The third-order valence-corrected chi connectivity index (χ3v) is 4.02. The number of aliphatic hydroxyl groups is 1. The number of pyridine rings is 1. The first-order valence-electron chi connectivity index (χ1n) is 5.50. The molecule has 1 aromatic heterocycles. The topological polar surface area (TPSA) is 33.1 Å². The van der Waals surface area contributed by atoms with Gasteiger partial charge in [-0.3, -0.25) is 0 Å². The summed E-state index contributed by atoms with van der Waals surface area (Å²) in [4.78, 5) is 4.54. The van der Waals surface area contributed by atoms with Gasteiger partial charge in [-0.1, -0.05) is 33.8 Å². The van der Waals surface area contributed by atoms with Gasteiger partial charge in [0.1, 0.15) is 5.03 Å². The van der Waals surface area contributed by atoms with Gasteiger partial charge in [0.15, 0.2) is 0 Å². The van der Waals surface area contributed by atoms with Gasteiger partial charge in [-0.15, -0.1) is 0 Å². The molecule has 1 N–H and O–H groups in total. The van der Waals surface area contributed by atoms with E-state index in [-0.39, 0.29) is 6.61 Å². The molecule has 0 saturated carbocycles. The first-order chi connectivity index (χ1) is 9.40. The Balaban J connectivity index is 2.24. The van der Waals surface area contributed by atoms with E-state index in [1.807, 2.05) is 0 Å². The second kappa shape index (κ2) is 6.15. The fourth-order valence-electron chi connectivity index (χ4n) is 1.48. The van der Waals surface area contributed by atoms with Gasteiger partial charge in [-0.25, -0.2) is 4.98 Å². The highest BCUT2D eigenvalue weighted by Gasteiger charge is 2.30. The van der Waals surface area contributed by atoms with Crippen LogP contribution in [0.15, 0.2) is 50.9 Å². The molecule has 2 aromatic rings. The van der Waals surface area contributed by atoms with Crippen molar-refractivity contribution in [3.05, 3.63) is 52.1 Å². The summed E-state index contributed by atoms with van der Waals surface area (Å²) in [6.07, 6.45) is -3.58. The SMILES string of the molecule is OCc1ccc(Br)cc1Sc1ccc(C(F)(F)F)cn1. The number of aromatic nitrogens is 1. The predicted octanol–water partition coefficient (Wildman–Crippen LogP) is 4.51. The zero-order chi connectivity index (χ0) is 14.8. The molecule has 0 amide bonds. The minimum atomic E-state index is -4.39. The largest absolute Gasteiger partial charge is 0.417 e. The Hall–Kier alpha value is -1.05. The number of hydrogen-bond donors (Lipinski definition) is 1. The van der Waals surface area contributed by atoms with Crippen LogP contribution in [0.25, 0.3) is 0 Å². The van der Waals surface area contributed by atoms with E-state index in [2.05, 4.69) is 20.9 Å².